The van der Waals surface area contributed by atoms with Gasteiger partial charge in [0.1, 0.15) is 0 Å². The lowest BCUT2D eigenvalue weighted by Gasteiger charge is -2.45. The van der Waals surface area contributed by atoms with Gasteiger partial charge in [-0.1, -0.05) is 243 Å². The minimum atomic E-state index is -0.0761. The molecule has 16 rings (SSSR count). The molecular formula is C93H85BN8. The van der Waals surface area contributed by atoms with E-state index in [2.05, 4.69) is 344 Å². The van der Waals surface area contributed by atoms with Crippen molar-refractivity contribution in [2.75, 3.05) is 19.6 Å². The Bertz CT molecular complexity index is 4810. The van der Waals surface area contributed by atoms with Gasteiger partial charge in [-0.25, -0.2) is 0 Å². The molecule has 0 amide bonds. The van der Waals surface area contributed by atoms with Gasteiger partial charge in [-0.2, -0.15) is 0 Å². The summed E-state index contributed by atoms with van der Waals surface area (Å²) < 4.78 is 0. The van der Waals surface area contributed by atoms with Gasteiger partial charge < -0.3 is 19.6 Å². The van der Waals surface area contributed by atoms with E-state index in [1.165, 1.54) is 72.5 Å². The summed E-state index contributed by atoms with van der Waals surface area (Å²) in [5.41, 5.74) is 29.4. The molecule has 2 aliphatic rings. The first kappa shape index (κ1) is 67.3. The Morgan fingerprint density at radius 3 is 0.941 bits per heavy atom. The molecule has 0 spiro atoms. The smallest absolute Gasteiger partial charge is 0.252 e. The Hall–Kier alpha value is -11.9. The van der Waals surface area contributed by atoms with Crippen molar-refractivity contribution in [2.24, 2.45) is 0 Å². The quantitative estimate of drug-likeness (QED) is 0.0887. The van der Waals surface area contributed by atoms with Crippen LogP contribution in [-0.4, -0.2) is 26.6 Å². The van der Waals surface area contributed by atoms with Crippen LogP contribution in [-0.2, 0) is 37.0 Å². The van der Waals surface area contributed by atoms with Crippen molar-refractivity contribution in [3.8, 4) is 45.0 Å². The van der Waals surface area contributed by atoms with Crippen molar-refractivity contribution < 1.29 is 0 Å². The van der Waals surface area contributed by atoms with Gasteiger partial charge in [0.05, 0.1) is 22.8 Å². The molecule has 0 N–H and O–H groups in total. The lowest BCUT2D eigenvalue weighted by molar-refractivity contribution is 0.590. The monoisotopic (exact) mass is 1320 g/mol. The standard InChI is InChI=1S/C46H39BN4.C46H42N4.CH4/c1-46(2,3)36-28-43-45-44(29-36)51(31-33-16-8-5-9-17-33)42-23-21-35(40-19-11-13-25-49-40)27-38(42)47(45)37-26-34(39-18-10-12-24-48-39)20-22-41(37)50(43)30-32-14-6-4-7-15-32;1-46(2,3)39-30-42(49(33-35-14-6-4-7-15-35)40-24-20-37(21-25-40)44-18-10-12-28-47-44)32-43(31-39)50(34-36-16-8-5-9-17-36)41-26-22-38(23-27-41)45-19-11-13-29-48-45;/h4-29H,30-31H2,1-3H3;4-32H,33-34H2,1-3H3;1H4. The van der Waals surface area contributed by atoms with Gasteiger partial charge in [0.2, 0.25) is 0 Å². The van der Waals surface area contributed by atoms with Crippen LogP contribution < -0.4 is 36.0 Å². The molecule has 102 heavy (non-hydrogen) atoms. The molecule has 500 valence electrons. The van der Waals surface area contributed by atoms with E-state index in [1.807, 2.05) is 61.2 Å². The van der Waals surface area contributed by atoms with Crippen molar-refractivity contribution in [3.63, 3.8) is 0 Å². The lowest BCUT2D eigenvalue weighted by atomic mass is 9.33. The number of rotatable bonds is 16. The van der Waals surface area contributed by atoms with E-state index in [0.717, 1.165) is 94.0 Å². The molecule has 0 radical (unpaired) electrons. The minimum absolute atomic E-state index is 0. The van der Waals surface area contributed by atoms with E-state index in [9.17, 15) is 0 Å². The van der Waals surface area contributed by atoms with E-state index in [1.54, 1.807) is 0 Å². The number of benzene rings is 10. The van der Waals surface area contributed by atoms with Crippen molar-refractivity contribution >= 4 is 68.6 Å². The second kappa shape index (κ2) is 29.5. The summed E-state index contributed by atoms with van der Waals surface area (Å²) in [6.45, 7) is 16.9. The third kappa shape index (κ3) is 14.6. The topological polar surface area (TPSA) is 64.5 Å². The first-order chi connectivity index (χ1) is 49.3. The average Bonchev–Trinajstić information content (AvgIpc) is 0.699. The molecule has 8 nitrogen and oxygen atoms in total. The number of anilines is 8. The molecule has 0 saturated heterocycles. The summed E-state index contributed by atoms with van der Waals surface area (Å²) in [4.78, 5) is 28.7. The summed E-state index contributed by atoms with van der Waals surface area (Å²) in [5, 5.41) is 0. The molecule has 0 unspecified atom stereocenters. The normalized spacial score (nSPS) is 12.0. The third-order valence-corrected chi connectivity index (χ3v) is 19.5. The first-order valence-electron chi connectivity index (χ1n) is 35.1. The molecule has 9 heteroatoms. The molecule has 0 aliphatic carbocycles. The van der Waals surface area contributed by atoms with Gasteiger partial charge in [0, 0.05) is 108 Å². The van der Waals surface area contributed by atoms with Crippen LogP contribution in [0.25, 0.3) is 45.0 Å². The van der Waals surface area contributed by atoms with Crippen LogP contribution in [0.15, 0.2) is 334 Å². The minimum Gasteiger partial charge on any atom is -0.338 e. The van der Waals surface area contributed by atoms with Gasteiger partial charge in [-0.15, -0.1) is 0 Å². The maximum absolute atomic E-state index is 4.78. The second-order valence-electron chi connectivity index (χ2n) is 28.4. The van der Waals surface area contributed by atoms with Crippen LogP contribution in [0.4, 0.5) is 45.5 Å². The molecule has 2 aliphatic heterocycles. The SMILES string of the molecule is C.CC(C)(C)c1cc(N(Cc2ccccc2)c2ccc(-c3ccccn3)cc2)cc(N(Cc2ccccc2)c2ccc(-c3ccccn3)cc2)c1.CC(C)(C)c1cc2c3c(c1)N(Cc1ccccc1)c1ccc(-c4ccccn4)cc1B3c1cc(-c3ccccn3)ccc1N2Cc1ccccc1. The lowest BCUT2D eigenvalue weighted by Crippen LogP contribution is -2.62. The average molecular weight is 1330 g/mol. The van der Waals surface area contributed by atoms with Gasteiger partial charge in [-0.05, 0) is 187 Å². The van der Waals surface area contributed by atoms with E-state index in [0.29, 0.717) is 0 Å². The fourth-order valence-electron chi connectivity index (χ4n) is 14.1. The summed E-state index contributed by atoms with van der Waals surface area (Å²) in [5.74, 6) is 0. The van der Waals surface area contributed by atoms with Crippen LogP contribution in [0.5, 0.6) is 0 Å². The molecular weight excluding hydrogens is 1240 g/mol. The molecule has 4 aromatic heterocycles. The van der Waals surface area contributed by atoms with Crippen LogP contribution in [0.3, 0.4) is 0 Å². The van der Waals surface area contributed by atoms with E-state index in [4.69, 9.17) is 9.97 Å². The highest BCUT2D eigenvalue weighted by Gasteiger charge is 2.44. The maximum Gasteiger partial charge on any atom is 0.252 e. The number of hydrogen-bond acceptors (Lipinski definition) is 8. The van der Waals surface area contributed by atoms with Crippen molar-refractivity contribution in [1.82, 2.24) is 19.9 Å². The second-order valence-corrected chi connectivity index (χ2v) is 28.4. The molecule has 14 aromatic rings. The number of pyridine rings is 4. The number of fused-ring (bicyclic) bond motifs is 4. The van der Waals surface area contributed by atoms with Gasteiger partial charge in [-0.3, -0.25) is 19.9 Å². The third-order valence-electron chi connectivity index (χ3n) is 19.5. The fraction of sp³-hybridized carbons (Fsp3) is 0.140. The zero-order chi connectivity index (χ0) is 68.9. The molecule has 0 bridgehead atoms. The molecule has 6 heterocycles. The molecule has 0 saturated carbocycles. The maximum atomic E-state index is 4.78. The summed E-state index contributed by atoms with van der Waals surface area (Å²) >= 11 is 0. The number of nitrogens with zero attached hydrogens (tertiary/aromatic N) is 8. The zero-order valence-corrected chi connectivity index (χ0v) is 58.2. The van der Waals surface area contributed by atoms with Gasteiger partial charge in [0.25, 0.3) is 6.71 Å². The van der Waals surface area contributed by atoms with Crippen LogP contribution >= 0.6 is 0 Å². The highest BCUT2D eigenvalue weighted by Crippen LogP contribution is 2.45. The summed E-state index contributed by atoms with van der Waals surface area (Å²) in [7, 11) is 0. The molecule has 0 fully saturated rings. The van der Waals surface area contributed by atoms with Crippen molar-refractivity contribution in [1.29, 1.82) is 0 Å². The van der Waals surface area contributed by atoms with E-state index >= 15 is 0 Å². The van der Waals surface area contributed by atoms with Crippen LogP contribution in [0.2, 0.25) is 0 Å². The summed E-state index contributed by atoms with van der Waals surface area (Å²) in [6, 6.07) is 111. The molecule has 0 atom stereocenters. The van der Waals surface area contributed by atoms with Gasteiger partial charge in [0.15, 0.2) is 0 Å². The zero-order valence-electron chi connectivity index (χ0n) is 58.2. The number of aromatic nitrogens is 4. The highest BCUT2D eigenvalue weighted by molar-refractivity contribution is 7.00. The first-order valence-corrected chi connectivity index (χ1v) is 35.1. The van der Waals surface area contributed by atoms with Crippen LogP contribution in [0.1, 0.15) is 82.3 Å². The fourth-order valence-corrected chi connectivity index (χ4v) is 14.1. The largest absolute Gasteiger partial charge is 0.338 e. The Morgan fingerprint density at radius 1 is 0.294 bits per heavy atom. The van der Waals surface area contributed by atoms with E-state index in [-0.39, 0.29) is 25.0 Å². The predicted molar refractivity (Wildman–Crippen MR) is 430 cm³/mol. The molecule has 10 aromatic carbocycles. The van der Waals surface area contributed by atoms with E-state index < -0.39 is 0 Å². The Balaban J connectivity index is 0.000000171. The van der Waals surface area contributed by atoms with Crippen molar-refractivity contribution in [3.05, 3.63) is 368 Å². The van der Waals surface area contributed by atoms with Gasteiger partial charge >= 0.3 is 0 Å². The Labute approximate surface area is 603 Å². The summed E-state index contributed by atoms with van der Waals surface area (Å²) in [6.07, 6.45) is 7.46. The van der Waals surface area contributed by atoms with Crippen LogP contribution in [0, 0.1) is 0 Å². The predicted octanol–water partition coefficient (Wildman–Crippen LogP) is 21.3. The Morgan fingerprint density at radius 2 is 0.608 bits per heavy atom. The van der Waals surface area contributed by atoms with Crippen molar-refractivity contribution in [2.45, 2.75) is 86.0 Å². The highest BCUT2D eigenvalue weighted by atomic mass is 15.2. The Kier molecular flexibility index (Phi) is 19.4. The number of hydrogen-bond donors (Lipinski definition) is 0.